The molecule has 1 aromatic rings. The Kier molecular flexibility index (Phi) is 6.26. The topological polar surface area (TPSA) is 21.7 Å². The van der Waals surface area contributed by atoms with E-state index in [2.05, 4.69) is 27.7 Å². The number of ether oxygens (including phenoxy) is 1. The Labute approximate surface area is 157 Å². The Morgan fingerprint density at radius 2 is 1.88 bits per heavy atom. The number of hydrogen-bond donors (Lipinski definition) is 0. The highest BCUT2D eigenvalue weighted by Gasteiger charge is 2.41. The average molecular weight is 386 g/mol. The van der Waals surface area contributed by atoms with Crippen molar-refractivity contribution in [2.45, 2.75) is 65.6 Å². The smallest absolute Gasteiger partial charge is 0.250 e. The maximum Gasteiger partial charge on any atom is 0.250 e. The van der Waals surface area contributed by atoms with Crippen LogP contribution in [0.2, 0.25) is 18.1 Å². The van der Waals surface area contributed by atoms with Crippen molar-refractivity contribution >= 4 is 14.0 Å². The molecule has 6 heteroatoms. The van der Waals surface area contributed by atoms with E-state index in [1.165, 1.54) is 0 Å². The summed E-state index contributed by atoms with van der Waals surface area (Å²) < 4.78 is 41.7. The summed E-state index contributed by atoms with van der Waals surface area (Å²) in [6.07, 6.45) is 2.10. The SMILES string of the molecule is CCOc1cc(N2CCCC(C)C2)c(F)c(F)c1O[Si](C)(C)C(C)(C)C. The highest BCUT2D eigenvalue weighted by Crippen LogP contribution is 2.44. The maximum atomic E-state index is 15.0. The van der Waals surface area contributed by atoms with Crippen molar-refractivity contribution in [1.82, 2.24) is 0 Å². The molecule has 0 N–H and O–H groups in total. The summed E-state index contributed by atoms with van der Waals surface area (Å²) >= 11 is 0. The van der Waals surface area contributed by atoms with Gasteiger partial charge in [0.2, 0.25) is 5.82 Å². The lowest BCUT2D eigenvalue weighted by molar-refractivity contribution is 0.314. The second kappa shape index (κ2) is 7.75. The van der Waals surface area contributed by atoms with Gasteiger partial charge in [-0.1, -0.05) is 27.7 Å². The van der Waals surface area contributed by atoms with Gasteiger partial charge in [-0.05, 0) is 43.8 Å². The molecular formula is C20H33F2NO2Si. The highest BCUT2D eigenvalue weighted by molar-refractivity contribution is 6.74. The molecule has 1 atom stereocenters. The molecule has 0 bridgehead atoms. The van der Waals surface area contributed by atoms with E-state index in [9.17, 15) is 4.39 Å². The lowest BCUT2D eigenvalue weighted by Gasteiger charge is -2.37. The van der Waals surface area contributed by atoms with Gasteiger partial charge in [0.25, 0.3) is 8.32 Å². The average Bonchev–Trinajstić information content (AvgIpc) is 2.53. The summed E-state index contributed by atoms with van der Waals surface area (Å²) in [5.41, 5.74) is 0.278. The third kappa shape index (κ3) is 4.33. The summed E-state index contributed by atoms with van der Waals surface area (Å²) in [4.78, 5) is 1.92. The summed E-state index contributed by atoms with van der Waals surface area (Å²) in [6.45, 7) is 16.0. The molecule has 26 heavy (non-hydrogen) atoms. The van der Waals surface area contributed by atoms with E-state index in [4.69, 9.17) is 9.16 Å². The van der Waals surface area contributed by atoms with Gasteiger partial charge in [0.05, 0.1) is 12.3 Å². The van der Waals surface area contributed by atoms with Crippen LogP contribution in [-0.2, 0) is 0 Å². The summed E-state index contributed by atoms with van der Waals surface area (Å²) in [5.74, 6) is -1.09. The van der Waals surface area contributed by atoms with Crippen LogP contribution in [0.4, 0.5) is 14.5 Å². The third-order valence-electron chi connectivity index (χ3n) is 5.57. The number of anilines is 1. The van der Waals surface area contributed by atoms with Crippen LogP contribution in [0.25, 0.3) is 0 Å². The molecule has 0 aliphatic carbocycles. The van der Waals surface area contributed by atoms with Crippen LogP contribution in [-0.4, -0.2) is 28.0 Å². The van der Waals surface area contributed by atoms with Crippen LogP contribution in [0.5, 0.6) is 11.5 Å². The number of rotatable bonds is 5. The summed E-state index contributed by atoms with van der Waals surface area (Å²) in [5, 5.41) is -0.125. The van der Waals surface area contributed by atoms with Crippen molar-refractivity contribution in [3.63, 3.8) is 0 Å². The van der Waals surface area contributed by atoms with Gasteiger partial charge in [-0.25, -0.2) is 4.39 Å². The molecule has 3 nitrogen and oxygen atoms in total. The highest BCUT2D eigenvalue weighted by atomic mass is 28.4. The van der Waals surface area contributed by atoms with Crippen LogP contribution in [0.1, 0.15) is 47.5 Å². The molecule has 0 spiro atoms. The first-order valence-corrected chi connectivity index (χ1v) is 12.5. The molecule has 2 rings (SSSR count). The van der Waals surface area contributed by atoms with Crippen LogP contribution in [0, 0.1) is 17.6 Å². The normalized spacial score (nSPS) is 18.8. The van der Waals surface area contributed by atoms with Gasteiger partial charge in [0, 0.05) is 19.2 Å². The molecule has 1 aromatic carbocycles. The van der Waals surface area contributed by atoms with Gasteiger partial charge in [0.15, 0.2) is 17.3 Å². The summed E-state index contributed by atoms with van der Waals surface area (Å²) in [6, 6.07) is 1.61. The number of piperidine rings is 1. The minimum atomic E-state index is -2.33. The number of halogens is 2. The first-order chi connectivity index (χ1) is 12.0. The van der Waals surface area contributed by atoms with E-state index in [1.807, 2.05) is 24.9 Å². The van der Waals surface area contributed by atoms with Crippen molar-refractivity contribution in [2.24, 2.45) is 5.92 Å². The Balaban J connectivity index is 2.48. The van der Waals surface area contributed by atoms with Crippen molar-refractivity contribution in [1.29, 1.82) is 0 Å². The molecule has 1 saturated heterocycles. The molecule has 0 radical (unpaired) electrons. The van der Waals surface area contributed by atoms with Crippen LogP contribution in [0.3, 0.4) is 0 Å². The molecule has 0 saturated carbocycles. The van der Waals surface area contributed by atoms with Crippen LogP contribution in [0.15, 0.2) is 6.07 Å². The van der Waals surface area contributed by atoms with Gasteiger partial charge in [0.1, 0.15) is 0 Å². The van der Waals surface area contributed by atoms with Crippen molar-refractivity contribution in [2.75, 3.05) is 24.6 Å². The predicted molar refractivity (Wildman–Crippen MR) is 106 cm³/mol. The van der Waals surface area contributed by atoms with E-state index in [0.29, 0.717) is 18.3 Å². The van der Waals surface area contributed by atoms with Crippen molar-refractivity contribution < 1.29 is 17.9 Å². The summed E-state index contributed by atoms with van der Waals surface area (Å²) in [7, 11) is -2.33. The quantitative estimate of drug-likeness (QED) is 0.582. The Morgan fingerprint density at radius 1 is 1.23 bits per heavy atom. The number of hydrogen-bond acceptors (Lipinski definition) is 3. The maximum absolute atomic E-state index is 15.0. The standard InChI is InChI=1S/C20H33F2NO2Si/c1-8-24-16-12-15(23-11-9-10-14(2)13-23)17(21)18(22)19(16)25-26(6,7)20(3,4)5/h12,14H,8-11,13H2,1-7H3. The minimum absolute atomic E-state index is 0.0789. The van der Waals surface area contributed by atoms with E-state index in [-0.39, 0.29) is 16.5 Å². The molecule has 1 heterocycles. The van der Waals surface area contributed by atoms with E-state index < -0.39 is 20.0 Å². The molecule has 0 amide bonds. The monoisotopic (exact) mass is 385 g/mol. The van der Waals surface area contributed by atoms with Crippen LogP contribution < -0.4 is 14.1 Å². The first kappa shape index (κ1) is 21.0. The zero-order chi connectivity index (χ0) is 19.7. The van der Waals surface area contributed by atoms with Gasteiger partial charge >= 0.3 is 0 Å². The van der Waals surface area contributed by atoms with Gasteiger partial charge < -0.3 is 14.1 Å². The molecule has 1 unspecified atom stereocenters. The number of nitrogens with zero attached hydrogens (tertiary/aromatic N) is 1. The molecule has 148 valence electrons. The predicted octanol–water partition coefficient (Wildman–Crippen LogP) is 5.98. The first-order valence-electron chi connectivity index (χ1n) is 9.56. The second-order valence-corrected chi connectivity index (χ2v) is 13.6. The Hall–Kier alpha value is -1.30. The van der Waals surface area contributed by atoms with Crippen molar-refractivity contribution in [3.8, 4) is 11.5 Å². The van der Waals surface area contributed by atoms with Gasteiger partial charge in [-0.15, -0.1) is 0 Å². The van der Waals surface area contributed by atoms with E-state index in [0.717, 1.165) is 25.9 Å². The largest absolute Gasteiger partial charge is 0.539 e. The molecule has 1 aliphatic heterocycles. The second-order valence-electron chi connectivity index (χ2n) is 8.84. The molecular weight excluding hydrogens is 352 g/mol. The Bertz CT molecular complexity index is 644. The van der Waals surface area contributed by atoms with Gasteiger partial charge in [-0.2, -0.15) is 4.39 Å². The minimum Gasteiger partial charge on any atom is -0.539 e. The fourth-order valence-corrected chi connectivity index (χ4v) is 3.98. The lowest BCUT2D eigenvalue weighted by Crippen LogP contribution is -2.44. The zero-order valence-corrected chi connectivity index (χ0v) is 18.2. The number of benzene rings is 1. The zero-order valence-electron chi connectivity index (χ0n) is 17.2. The van der Waals surface area contributed by atoms with Gasteiger partial charge in [-0.3, -0.25) is 0 Å². The van der Waals surface area contributed by atoms with E-state index in [1.54, 1.807) is 6.07 Å². The van der Waals surface area contributed by atoms with E-state index >= 15 is 4.39 Å². The molecule has 1 fully saturated rings. The fraction of sp³-hybridized carbons (Fsp3) is 0.700. The third-order valence-corrected chi connectivity index (χ3v) is 9.90. The molecule has 0 aromatic heterocycles. The Morgan fingerprint density at radius 3 is 2.42 bits per heavy atom. The lowest BCUT2D eigenvalue weighted by atomic mass is 9.99. The molecule has 1 aliphatic rings. The fourth-order valence-electron chi connectivity index (χ4n) is 2.98. The van der Waals surface area contributed by atoms with Crippen molar-refractivity contribution in [3.05, 3.63) is 17.7 Å². The van der Waals surface area contributed by atoms with Crippen LogP contribution >= 0.6 is 0 Å².